The number of nitrogens with zero attached hydrogens (tertiary/aromatic N) is 2. The predicted molar refractivity (Wildman–Crippen MR) is 75.7 cm³/mol. The van der Waals surface area contributed by atoms with Gasteiger partial charge in [0.1, 0.15) is 0 Å². The summed E-state index contributed by atoms with van der Waals surface area (Å²) in [7, 11) is 0. The highest BCUT2D eigenvalue weighted by atomic mass is 19.4. The minimum atomic E-state index is -4.17. The average Bonchev–Trinajstić information content (AvgIpc) is 3.19. The van der Waals surface area contributed by atoms with Crippen molar-refractivity contribution in [2.24, 2.45) is 0 Å². The van der Waals surface area contributed by atoms with Crippen LogP contribution in [-0.2, 0) is 13.1 Å². The standard InChI is InChI=1S/C15H22F3N3/c1-2-8-21(11-15(16,17)18)10-14-5-3-4-13(20-14)9-19-12-6-7-12/h3-5,12,19H,2,6-11H2,1H3. The molecule has 0 atom stereocenters. The Bertz CT molecular complexity index is 444. The van der Waals surface area contributed by atoms with Crippen molar-refractivity contribution in [1.29, 1.82) is 0 Å². The van der Waals surface area contributed by atoms with E-state index in [1.165, 1.54) is 17.7 Å². The molecular weight excluding hydrogens is 279 g/mol. The van der Waals surface area contributed by atoms with Crippen LogP contribution in [0.2, 0.25) is 0 Å². The lowest BCUT2D eigenvalue weighted by Gasteiger charge is -2.22. The first kappa shape index (κ1) is 16.2. The van der Waals surface area contributed by atoms with Crippen LogP contribution in [0.5, 0.6) is 0 Å². The predicted octanol–water partition coefficient (Wildman–Crippen LogP) is 3.11. The molecule has 0 saturated heterocycles. The van der Waals surface area contributed by atoms with E-state index in [0.717, 1.165) is 5.69 Å². The molecule has 0 radical (unpaired) electrons. The van der Waals surface area contributed by atoms with E-state index >= 15 is 0 Å². The second-order valence-electron chi connectivity index (χ2n) is 5.60. The first-order valence-corrected chi connectivity index (χ1v) is 7.43. The molecular formula is C15H22F3N3. The van der Waals surface area contributed by atoms with Crippen molar-refractivity contribution in [2.75, 3.05) is 13.1 Å². The van der Waals surface area contributed by atoms with E-state index in [1.807, 2.05) is 19.1 Å². The number of nitrogens with one attached hydrogen (secondary N) is 1. The van der Waals surface area contributed by atoms with Crippen molar-refractivity contribution < 1.29 is 13.2 Å². The Balaban J connectivity index is 1.93. The number of rotatable bonds is 8. The van der Waals surface area contributed by atoms with Crippen molar-refractivity contribution >= 4 is 0 Å². The Labute approximate surface area is 123 Å². The van der Waals surface area contributed by atoms with E-state index in [0.29, 0.717) is 31.2 Å². The van der Waals surface area contributed by atoms with Gasteiger partial charge >= 0.3 is 6.18 Å². The molecule has 1 aliphatic rings. The van der Waals surface area contributed by atoms with Gasteiger partial charge in [0.15, 0.2) is 0 Å². The van der Waals surface area contributed by atoms with Gasteiger partial charge in [0.05, 0.1) is 17.9 Å². The maximum Gasteiger partial charge on any atom is 0.401 e. The number of pyridine rings is 1. The van der Waals surface area contributed by atoms with Gasteiger partial charge in [-0.2, -0.15) is 13.2 Å². The fraction of sp³-hybridized carbons (Fsp3) is 0.667. The summed E-state index contributed by atoms with van der Waals surface area (Å²) in [4.78, 5) is 5.86. The molecule has 1 fully saturated rings. The summed E-state index contributed by atoms with van der Waals surface area (Å²) in [6.45, 7) is 2.35. The summed E-state index contributed by atoms with van der Waals surface area (Å²) < 4.78 is 37.7. The number of aromatic nitrogens is 1. The van der Waals surface area contributed by atoms with Gasteiger partial charge in [0.25, 0.3) is 0 Å². The Hall–Kier alpha value is -1.14. The second kappa shape index (κ2) is 7.22. The third kappa shape index (κ3) is 6.44. The summed E-state index contributed by atoms with van der Waals surface area (Å²) >= 11 is 0. The molecule has 1 aliphatic carbocycles. The minimum Gasteiger partial charge on any atom is -0.308 e. The van der Waals surface area contributed by atoms with Crippen LogP contribution in [-0.4, -0.2) is 35.2 Å². The molecule has 118 valence electrons. The SMILES string of the molecule is CCCN(Cc1cccc(CNC2CC2)n1)CC(F)(F)F. The first-order chi connectivity index (χ1) is 9.96. The monoisotopic (exact) mass is 301 g/mol. The fourth-order valence-corrected chi connectivity index (χ4v) is 2.27. The van der Waals surface area contributed by atoms with Crippen LogP contribution in [0.3, 0.4) is 0 Å². The van der Waals surface area contributed by atoms with E-state index in [4.69, 9.17) is 0 Å². The molecule has 1 aromatic rings. The van der Waals surface area contributed by atoms with Crippen LogP contribution in [0.15, 0.2) is 18.2 Å². The summed E-state index contributed by atoms with van der Waals surface area (Å²) in [6, 6.07) is 6.16. The summed E-state index contributed by atoms with van der Waals surface area (Å²) in [5, 5.41) is 3.36. The molecule has 0 amide bonds. The van der Waals surface area contributed by atoms with Gasteiger partial charge in [-0.15, -0.1) is 0 Å². The van der Waals surface area contributed by atoms with Crippen LogP contribution in [0, 0.1) is 0 Å². The molecule has 1 saturated carbocycles. The second-order valence-corrected chi connectivity index (χ2v) is 5.60. The van der Waals surface area contributed by atoms with Crippen molar-refractivity contribution in [1.82, 2.24) is 15.2 Å². The molecule has 1 heterocycles. The van der Waals surface area contributed by atoms with Gasteiger partial charge in [-0.3, -0.25) is 9.88 Å². The molecule has 0 aromatic carbocycles. The third-order valence-corrected chi connectivity index (χ3v) is 3.34. The van der Waals surface area contributed by atoms with Gasteiger partial charge in [-0.1, -0.05) is 13.0 Å². The van der Waals surface area contributed by atoms with Gasteiger partial charge < -0.3 is 5.32 Å². The minimum absolute atomic E-state index is 0.241. The summed E-state index contributed by atoms with van der Waals surface area (Å²) in [5.41, 5.74) is 1.59. The highest BCUT2D eigenvalue weighted by Crippen LogP contribution is 2.20. The van der Waals surface area contributed by atoms with Crippen molar-refractivity contribution in [2.45, 2.75) is 51.5 Å². The van der Waals surface area contributed by atoms with Gasteiger partial charge in [-0.05, 0) is 37.9 Å². The lowest BCUT2D eigenvalue weighted by molar-refractivity contribution is -0.147. The lowest BCUT2D eigenvalue weighted by atomic mass is 10.2. The average molecular weight is 301 g/mol. The summed E-state index contributed by atoms with van der Waals surface area (Å²) in [6.07, 6.45) is -1.07. The number of halogens is 3. The zero-order valence-electron chi connectivity index (χ0n) is 12.3. The Morgan fingerprint density at radius 2 is 2.00 bits per heavy atom. The zero-order valence-corrected chi connectivity index (χ0v) is 12.3. The molecule has 0 spiro atoms. The maximum atomic E-state index is 12.6. The molecule has 6 heteroatoms. The Morgan fingerprint density at radius 1 is 1.29 bits per heavy atom. The normalized spacial score (nSPS) is 15.7. The molecule has 2 rings (SSSR count). The quantitative estimate of drug-likeness (QED) is 0.799. The maximum absolute atomic E-state index is 12.6. The van der Waals surface area contributed by atoms with Gasteiger partial charge in [0, 0.05) is 19.1 Å². The number of alkyl halides is 3. The molecule has 1 N–H and O–H groups in total. The number of hydrogen-bond donors (Lipinski definition) is 1. The van der Waals surface area contributed by atoms with Crippen LogP contribution in [0.25, 0.3) is 0 Å². The van der Waals surface area contributed by atoms with Crippen molar-refractivity contribution in [3.05, 3.63) is 29.6 Å². The molecule has 0 bridgehead atoms. The van der Waals surface area contributed by atoms with Crippen LogP contribution in [0.1, 0.15) is 37.6 Å². The van der Waals surface area contributed by atoms with E-state index < -0.39 is 12.7 Å². The van der Waals surface area contributed by atoms with Crippen molar-refractivity contribution in [3.8, 4) is 0 Å². The van der Waals surface area contributed by atoms with Crippen LogP contribution >= 0.6 is 0 Å². The third-order valence-electron chi connectivity index (χ3n) is 3.34. The largest absolute Gasteiger partial charge is 0.401 e. The Morgan fingerprint density at radius 3 is 2.62 bits per heavy atom. The van der Waals surface area contributed by atoms with E-state index in [2.05, 4.69) is 10.3 Å². The fourth-order valence-electron chi connectivity index (χ4n) is 2.27. The van der Waals surface area contributed by atoms with Crippen LogP contribution in [0.4, 0.5) is 13.2 Å². The number of hydrogen-bond acceptors (Lipinski definition) is 3. The molecule has 3 nitrogen and oxygen atoms in total. The molecule has 1 aromatic heterocycles. The Kier molecular flexibility index (Phi) is 5.58. The highest BCUT2D eigenvalue weighted by molar-refractivity contribution is 5.11. The van der Waals surface area contributed by atoms with Crippen LogP contribution < -0.4 is 5.32 Å². The first-order valence-electron chi connectivity index (χ1n) is 7.43. The highest BCUT2D eigenvalue weighted by Gasteiger charge is 2.30. The molecule has 0 unspecified atom stereocenters. The topological polar surface area (TPSA) is 28.2 Å². The zero-order chi connectivity index (χ0) is 15.3. The van der Waals surface area contributed by atoms with E-state index in [-0.39, 0.29) is 6.54 Å². The van der Waals surface area contributed by atoms with E-state index in [1.54, 1.807) is 6.07 Å². The smallest absolute Gasteiger partial charge is 0.308 e. The van der Waals surface area contributed by atoms with Crippen molar-refractivity contribution in [3.63, 3.8) is 0 Å². The molecule has 21 heavy (non-hydrogen) atoms. The lowest BCUT2D eigenvalue weighted by Crippen LogP contribution is -2.34. The van der Waals surface area contributed by atoms with E-state index in [9.17, 15) is 13.2 Å². The summed E-state index contributed by atoms with van der Waals surface area (Å²) in [5.74, 6) is 0. The molecule has 0 aliphatic heterocycles. The van der Waals surface area contributed by atoms with Gasteiger partial charge in [-0.25, -0.2) is 0 Å². The van der Waals surface area contributed by atoms with Gasteiger partial charge in [0.2, 0.25) is 0 Å².